The van der Waals surface area contributed by atoms with Crippen molar-refractivity contribution in [2.45, 2.75) is 6.92 Å². The van der Waals surface area contributed by atoms with Crippen molar-refractivity contribution in [2.24, 2.45) is 0 Å². The molecule has 0 aliphatic heterocycles. The summed E-state index contributed by atoms with van der Waals surface area (Å²) >= 11 is 0.673. The Bertz CT molecular complexity index is 238. The van der Waals surface area contributed by atoms with E-state index in [1.165, 1.54) is 3.07 Å². The molecule has 4 heteroatoms. The quantitative estimate of drug-likeness (QED) is 0.529. The van der Waals surface area contributed by atoms with Gasteiger partial charge in [-0.2, -0.15) is 0 Å². The molecule has 0 fully saturated rings. The fourth-order valence-corrected chi connectivity index (χ4v) is 1.52. The zero-order valence-electron chi connectivity index (χ0n) is 6.95. The molecule has 0 spiro atoms. The number of benzene rings is 1. The van der Waals surface area contributed by atoms with Gasteiger partial charge >= 0.3 is 64.9 Å². The van der Waals surface area contributed by atoms with Gasteiger partial charge in [-0.15, -0.1) is 0 Å². The SMILES string of the molecule is CC(=O)O.Nc1cccc[c]1[Hg]. The number of hydrogen-bond acceptors (Lipinski definition) is 2. The molecule has 3 N–H and O–H groups in total. The summed E-state index contributed by atoms with van der Waals surface area (Å²) in [5, 5.41) is 7.42. The van der Waals surface area contributed by atoms with Gasteiger partial charge in [-0.25, -0.2) is 0 Å². The number of carbonyl (C=O) groups is 1. The number of carboxylic acid groups (broad SMARTS) is 1. The number of aliphatic carboxylic acids is 1. The van der Waals surface area contributed by atoms with Crippen LogP contribution in [0.4, 0.5) is 5.69 Å². The van der Waals surface area contributed by atoms with Gasteiger partial charge < -0.3 is 5.11 Å². The predicted molar refractivity (Wildman–Crippen MR) is 43.8 cm³/mol. The second-order valence-electron chi connectivity index (χ2n) is 2.22. The van der Waals surface area contributed by atoms with E-state index in [9.17, 15) is 0 Å². The van der Waals surface area contributed by atoms with Gasteiger partial charge in [-0.05, 0) is 0 Å². The molecule has 1 rings (SSSR count). The molecule has 1 aromatic rings. The van der Waals surface area contributed by atoms with Crippen molar-refractivity contribution in [1.29, 1.82) is 0 Å². The van der Waals surface area contributed by atoms with Crippen LogP contribution in [0.1, 0.15) is 6.92 Å². The molecule has 1 aromatic carbocycles. The Labute approximate surface area is 87.6 Å². The summed E-state index contributed by atoms with van der Waals surface area (Å²) in [6.07, 6.45) is 0. The van der Waals surface area contributed by atoms with Crippen LogP contribution in [0.15, 0.2) is 24.3 Å². The van der Waals surface area contributed by atoms with Gasteiger partial charge in [0, 0.05) is 6.92 Å². The van der Waals surface area contributed by atoms with E-state index in [0.29, 0.717) is 26.1 Å². The topological polar surface area (TPSA) is 63.3 Å². The third-order valence-electron chi connectivity index (χ3n) is 1.06. The average Bonchev–Trinajstić information content (AvgIpc) is 1.94. The summed E-state index contributed by atoms with van der Waals surface area (Å²) < 4.78 is 1.34. The first-order chi connectivity index (χ1) is 5.54. The molecule has 0 amide bonds. The van der Waals surface area contributed by atoms with Crippen LogP contribution >= 0.6 is 0 Å². The molecule has 0 heterocycles. The molecule has 0 aromatic heterocycles. The summed E-state index contributed by atoms with van der Waals surface area (Å²) in [5.41, 5.74) is 6.52. The molecule has 0 saturated carbocycles. The van der Waals surface area contributed by atoms with Crippen molar-refractivity contribution in [2.75, 3.05) is 5.73 Å². The molecule has 12 heavy (non-hydrogen) atoms. The Kier molecular flexibility index (Phi) is 5.71. The maximum absolute atomic E-state index is 9.00. The number of nitrogen functional groups attached to an aromatic ring is 1. The molecule has 0 aliphatic rings. The van der Waals surface area contributed by atoms with Gasteiger partial charge in [0.2, 0.25) is 0 Å². The predicted octanol–water partition coefficient (Wildman–Crippen LogP) is 0.532. The third-order valence-corrected chi connectivity index (χ3v) is 3.56. The van der Waals surface area contributed by atoms with E-state index in [2.05, 4.69) is 6.07 Å². The van der Waals surface area contributed by atoms with Gasteiger partial charge in [0.15, 0.2) is 0 Å². The Hall–Kier alpha value is -0.575. The number of carboxylic acids is 1. The number of para-hydroxylation sites is 1. The van der Waals surface area contributed by atoms with Crippen LogP contribution < -0.4 is 8.81 Å². The minimum absolute atomic E-state index is 0.673. The van der Waals surface area contributed by atoms with Gasteiger partial charge in [-0.3, -0.25) is 4.79 Å². The van der Waals surface area contributed by atoms with E-state index in [-0.39, 0.29) is 0 Å². The van der Waals surface area contributed by atoms with E-state index in [4.69, 9.17) is 15.6 Å². The number of nitrogens with two attached hydrogens (primary N) is 1. The van der Waals surface area contributed by atoms with Crippen molar-refractivity contribution < 1.29 is 36.0 Å². The second-order valence-corrected chi connectivity index (χ2v) is 5.18. The van der Waals surface area contributed by atoms with Gasteiger partial charge in [0.25, 0.3) is 5.97 Å². The first-order valence-electron chi connectivity index (χ1n) is 3.40. The summed E-state index contributed by atoms with van der Waals surface area (Å²) in [6.45, 7) is 1.08. The summed E-state index contributed by atoms with van der Waals surface area (Å²) in [7, 11) is 0. The Morgan fingerprint density at radius 2 is 1.92 bits per heavy atom. The normalized spacial score (nSPS) is 8.25. The second kappa shape index (κ2) is 6.00. The van der Waals surface area contributed by atoms with Crippen molar-refractivity contribution in [3.05, 3.63) is 24.3 Å². The monoisotopic (exact) mass is 354 g/mol. The molecule has 0 unspecified atom stereocenters. The van der Waals surface area contributed by atoms with Crippen LogP contribution in [-0.4, -0.2) is 11.1 Å². The Morgan fingerprint density at radius 1 is 1.50 bits per heavy atom. The molecular formula is C8H10HgNO2. The summed E-state index contributed by atoms with van der Waals surface area (Å²) in [4.78, 5) is 9.00. The van der Waals surface area contributed by atoms with E-state index >= 15 is 0 Å². The zero-order chi connectivity index (χ0) is 9.56. The number of hydrogen-bond donors (Lipinski definition) is 2. The van der Waals surface area contributed by atoms with E-state index in [1.807, 2.05) is 18.2 Å². The first-order valence-corrected chi connectivity index (χ1v) is 6.15. The van der Waals surface area contributed by atoms with E-state index in [1.54, 1.807) is 0 Å². The molecular weight excluding hydrogens is 343 g/mol. The summed E-state index contributed by atoms with van der Waals surface area (Å²) in [6, 6.07) is 8.02. The van der Waals surface area contributed by atoms with Crippen molar-refractivity contribution >= 4 is 14.7 Å². The van der Waals surface area contributed by atoms with Crippen LogP contribution in [0, 0.1) is 0 Å². The van der Waals surface area contributed by atoms with Gasteiger partial charge in [0.05, 0.1) is 0 Å². The first kappa shape index (κ1) is 11.4. The molecule has 0 atom stereocenters. The molecule has 61 valence electrons. The van der Waals surface area contributed by atoms with Crippen molar-refractivity contribution in [3.8, 4) is 0 Å². The van der Waals surface area contributed by atoms with Crippen LogP contribution in [0.5, 0.6) is 0 Å². The van der Waals surface area contributed by atoms with E-state index < -0.39 is 5.97 Å². The third kappa shape index (κ3) is 6.16. The average molecular weight is 353 g/mol. The molecule has 3 nitrogen and oxygen atoms in total. The van der Waals surface area contributed by atoms with Gasteiger partial charge in [0.1, 0.15) is 0 Å². The fraction of sp³-hybridized carbons (Fsp3) is 0.125. The molecule has 0 radical (unpaired) electrons. The minimum atomic E-state index is -0.833. The number of rotatable bonds is 0. The fourth-order valence-electron chi connectivity index (χ4n) is 0.534. The molecule has 0 bridgehead atoms. The zero-order valence-corrected chi connectivity index (χ0v) is 12.4. The summed E-state index contributed by atoms with van der Waals surface area (Å²) in [5.74, 6) is -0.833. The number of anilines is 1. The molecule has 0 aliphatic carbocycles. The van der Waals surface area contributed by atoms with Crippen molar-refractivity contribution in [3.63, 3.8) is 0 Å². The maximum atomic E-state index is 9.00. The van der Waals surface area contributed by atoms with E-state index in [0.717, 1.165) is 12.6 Å². The van der Waals surface area contributed by atoms with Crippen LogP contribution in [-0.2, 0) is 30.9 Å². The standard InChI is InChI=1S/C6H6N.C2H4O2.Hg/c7-6-4-2-1-3-5-6;1-2(3)4;/h1-4H,7H2;1H3,(H,3,4);. The molecule has 0 saturated heterocycles. The van der Waals surface area contributed by atoms with Crippen LogP contribution in [0.2, 0.25) is 0 Å². The Morgan fingerprint density at radius 3 is 2.17 bits per heavy atom. The van der Waals surface area contributed by atoms with Gasteiger partial charge in [-0.1, -0.05) is 0 Å². The van der Waals surface area contributed by atoms with Crippen LogP contribution in [0.25, 0.3) is 0 Å². The van der Waals surface area contributed by atoms with Crippen molar-refractivity contribution in [1.82, 2.24) is 0 Å². The van der Waals surface area contributed by atoms with Crippen LogP contribution in [0.3, 0.4) is 0 Å². The Balaban J connectivity index is 0.000000261.